The van der Waals surface area contributed by atoms with Gasteiger partial charge >= 0.3 is 0 Å². The minimum atomic E-state index is 0.480. The van der Waals surface area contributed by atoms with Gasteiger partial charge in [0.15, 0.2) is 0 Å². The maximum atomic E-state index is 4.46. The third-order valence-electron chi connectivity index (χ3n) is 5.22. The molecule has 0 bridgehead atoms. The Morgan fingerprint density at radius 3 is 2.62 bits per heavy atom. The number of hydrogen-bond acceptors (Lipinski definition) is 4. The first kappa shape index (κ1) is 17.0. The van der Waals surface area contributed by atoms with Crippen molar-refractivity contribution >= 4 is 0 Å². The van der Waals surface area contributed by atoms with E-state index >= 15 is 0 Å². The van der Waals surface area contributed by atoms with Crippen molar-refractivity contribution in [3.05, 3.63) is 59.9 Å². The van der Waals surface area contributed by atoms with Crippen LogP contribution in [0.25, 0.3) is 5.95 Å². The van der Waals surface area contributed by atoms with Gasteiger partial charge in [0.25, 0.3) is 0 Å². The zero-order valence-electron chi connectivity index (χ0n) is 15.5. The summed E-state index contributed by atoms with van der Waals surface area (Å²) >= 11 is 0. The molecule has 6 nitrogen and oxygen atoms in total. The lowest BCUT2D eigenvalue weighted by molar-refractivity contribution is 0.200. The lowest BCUT2D eigenvalue weighted by Crippen LogP contribution is -2.33. The maximum absolute atomic E-state index is 4.46. The summed E-state index contributed by atoms with van der Waals surface area (Å²) in [4.78, 5) is 11.2. The first-order valence-corrected chi connectivity index (χ1v) is 9.42. The van der Waals surface area contributed by atoms with Crippen LogP contribution >= 0.6 is 0 Å². The van der Waals surface area contributed by atoms with E-state index < -0.39 is 0 Å². The molecule has 6 heteroatoms. The first-order chi connectivity index (χ1) is 12.7. The molecule has 3 aromatic rings. The van der Waals surface area contributed by atoms with Crippen LogP contribution in [0.2, 0.25) is 0 Å². The fourth-order valence-corrected chi connectivity index (χ4v) is 3.64. The second-order valence-corrected chi connectivity index (χ2v) is 7.37. The van der Waals surface area contributed by atoms with Gasteiger partial charge in [-0.05, 0) is 56.1 Å². The summed E-state index contributed by atoms with van der Waals surface area (Å²) in [5, 5.41) is 7.72. The van der Waals surface area contributed by atoms with E-state index in [4.69, 9.17) is 0 Å². The summed E-state index contributed by atoms with van der Waals surface area (Å²) in [7, 11) is 0. The molecular weight excluding hydrogens is 324 g/mol. The second-order valence-electron chi connectivity index (χ2n) is 7.37. The van der Waals surface area contributed by atoms with Crippen LogP contribution in [-0.2, 0) is 6.54 Å². The van der Waals surface area contributed by atoms with Crippen molar-refractivity contribution in [3.8, 4) is 5.95 Å². The van der Waals surface area contributed by atoms with Gasteiger partial charge in [0.05, 0.1) is 5.69 Å². The van der Waals surface area contributed by atoms with Crippen molar-refractivity contribution in [2.75, 3.05) is 13.1 Å². The zero-order chi connectivity index (χ0) is 17.9. The van der Waals surface area contributed by atoms with Crippen molar-refractivity contribution in [1.82, 2.24) is 29.6 Å². The van der Waals surface area contributed by atoms with E-state index in [0.717, 1.165) is 25.6 Å². The highest BCUT2D eigenvalue weighted by Crippen LogP contribution is 2.29. The molecule has 4 heterocycles. The predicted octanol–water partition coefficient (Wildman–Crippen LogP) is 3.49. The highest BCUT2D eigenvalue weighted by molar-refractivity contribution is 5.21. The van der Waals surface area contributed by atoms with Crippen molar-refractivity contribution < 1.29 is 0 Å². The quantitative estimate of drug-likeness (QED) is 0.765. The van der Waals surface area contributed by atoms with E-state index in [1.807, 2.05) is 12.3 Å². The Bertz CT molecular complexity index is 827. The molecule has 0 amide bonds. The summed E-state index contributed by atoms with van der Waals surface area (Å²) < 4.78 is 2.08. The topological polar surface area (TPSA) is 62.6 Å². The van der Waals surface area contributed by atoms with Crippen molar-refractivity contribution in [1.29, 1.82) is 0 Å². The molecule has 0 aliphatic carbocycles. The summed E-state index contributed by atoms with van der Waals surface area (Å²) in [5.74, 6) is 1.81. The number of aromatic nitrogens is 5. The number of H-pyrrole nitrogens is 1. The Balaban J connectivity index is 1.38. The van der Waals surface area contributed by atoms with Crippen LogP contribution in [0, 0.1) is 0 Å². The van der Waals surface area contributed by atoms with E-state index in [0.29, 0.717) is 11.8 Å². The highest BCUT2D eigenvalue weighted by Gasteiger charge is 2.23. The molecule has 0 atom stereocenters. The number of nitrogens with zero attached hydrogens (tertiary/aromatic N) is 5. The molecule has 1 aliphatic rings. The Kier molecular flexibility index (Phi) is 4.84. The van der Waals surface area contributed by atoms with Crippen LogP contribution in [0.1, 0.15) is 55.6 Å². The van der Waals surface area contributed by atoms with Crippen LogP contribution in [0.3, 0.4) is 0 Å². The summed E-state index contributed by atoms with van der Waals surface area (Å²) in [5.41, 5.74) is 3.70. The van der Waals surface area contributed by atoms with E-state index in [2.05, 4.69) is 61.7 Å². The SMILES string of the molecule is CC(C)c1cc(C2CCN(Cc3cccn3-c3ncccn3)CC2)[nH]n1. The molecule has 0 radical (unpaired) electrons. The van der Waals surface area contributed by atoms with Crippen LogP contribution < -0.4 is 0 Å². The molecule has 136 valence electrons. The monoisotopic (exact) mass is 350 g/mol. The molecule has 0 saturated carbocycles. The zero-order valence-corrected chi connectivity index (χ0v) is 15.5. The molecule has 1 fully saturated rings. The van der Waals surface area contributed by atoms with E-state index in [9.17, 15) is 0 Å². The number of rotatable bonds is 5. The number of piperidine rings is 1. The van der Waals surface area contributed by atoms with Gasteiger partial charge in [-0.1, -0.05) is 13.8 Å². The van der Waals surface area contributed by atoms with Crippen molar-refractivity contribution in [2.24, 2.45) is 0 Å². The van der Waals surface area contributed by atoms with Crippen molar-refractivity contribution in [2.45, 2.75) is 45.1 Å². The van der Waals surface area contributed by atoms with E-state index in [-0.39, 0.29) is 0 Å². The number of aromatic amines is 1. The summed E-state index contributed by atoms with van der Waals surface area (Å²) in [6, 6.07) is 8.32. The molecule has 0 spiro atoms. The highest BCUT2D eigenvalue weighted by atomic mass is 15.2. The predicted molar refractivity (Wildman–Crippen MR) is 101 cm³/mol. The second kappa shape index (κ2) is 7.41. The van der Waals surface area contributed by atoms with Gasteiger partial charge in [0.2, 0.25) is 5.95 Å². The van der Waals surface area contributed by atoms with E-state index in [1.54, 1.807) is 12.4 Å². The van der Waals surface area contributed by atoms with Gasteiger partial charge in [-0.2, -0.15) is 5.10 Å². The molecule has 1 saturated heterocycles. The van der Waals surface area contributed by atoms with Gasteiger partial charge < -0.3 is 0 Å². The van der Waals surface area contributed by atoms with Crippen LogP contribution in [0.4, 0.5) is 0 Å². The van der Waals surface area contributed by atoms with Crippen LogP contribution in [0.15, 0.2) is 42.9 Å². The molecule has 0 aromatic carbocycles. The molecule has 3 aromatic heterocycles. The molecule has 26 heavy (non-hydrogen) atoms. The summed E-state index contributed by atoms with van der Waals surface area (Å²) in [6.45, 7) is 7.50. The van der Waals surface area contributed by atoms with Gasteiger partial charge in [-0.25, -0.2) is 9.97 Å². The number of nitrogens with one attached hydrogen (secondary N) is 1. The Morgan fingerprint density at radius 1 is 1.15 bits per heavy atom. The third-order valence-corrected chi connectivity index (χ3v) is 5.22. The standard InChI is InChI=1S/C20H26N6/c1-15(2)18-13-19(24-23-18)16-6-11-25(12-7-16)14-17-5-3-10-26(17)20-21-8-4-9-22-20/h3-5,8-10,13,15-16H,6-7,11-12,14H2,1-2H3,(H,23,24). The lowest BCUT2D eigenvalue weighted by atomic mass is 9.93. The Hall–Kier alpha value is -2.47. The average Bonchev–Trinajstić information content (AvgIpc) is 3.33. The van der Waals surface area contributed by atoms with Gasteiger partial charge in [-0.15, -0.1) is 0 Å². The molecular formula is C20H26N6. The molecule has 0 unspecified atom stereocenters. The van der Waals surface area contributed by atoms with Gasteiger partial charge in [-0.3, -0.25) is 14.6 Å². The molecule has 1 N–H and O–H groups in total. The minimum Gasteiger partial charge on any atom is -0.298 e. The van der Waals surface area contributed by atoms with Gasteiger partial charge in [0.1, 0.15) is 0 Å². The molecule has 1 aliphatic heterocycles. The lowest BCUT2D eigenvalue weighted by Gasteiger charge is -2.31. The Morgan fingerprint density at radius 2 is 1.92 bits per heavy atom. The first-order valence-electron chi connectivity index (χ1n) is 9.42. The number of likely N-dealkylation sites (tertiary alicyclic amines) is 1. The van der Waals surface area contributed by atoms with Crippen LogP contribution in [-0.4, -0.2) is 42.7 Å². The van der Waals surface area contributed by atoms with Crippen LogP contribution in [0.5, 0.6) is 0 Å². The smallest absolute Gasteiger partial charge is 0.233 e. The maximum Gasteiger partial charge on any atom is 0.233 e. The normalized spacial score (nSPS) is 16.4. The average molecular weight is 350 g/mol. The van der Waals surface area contributed by atoms with E-state index in [1.165, 1.54) is 29.9 Å². The fraction of sp³-hybridized carbons (Fsp3) is 0.450. The van der Waals surface area contributed by atoms with Gasteiger partial charge in [0, 0.05) is 42.4 Å². The van der Waals surface area contributed by atoms with Crippen molar-refractivity contribution in [3.63, 3.8) is 0 Å². The third kappa shape index (κ3) is 3.55. The largest absolute Gasteiger partial charge is 0.298 e. The minimum absolute atomic E-state index is 0.480. The Labute approximate surface area is 154 Å². The molecule has 4 rings (SSSR count). The summed E-state index contributed by atoms with van der Waals surface area (Å²) in [6.07, 6.45) is 7.95. The number of hydrogen-bond donors (Lipinski definition) is 1. The fourth-order valence-electron chi connectivity index (χ4n) is 3.64.